The lowest BCUT2D eigenvalue weighted by Crippen LogP contribution is -2.40. The van der Waals surface area contributed by atoms with E-state index in [9.17, 15) is 16.8 Å². The van der Waals surface area contributed by atoms with Gasteiger partial charge in [0.15, 0.2) is 0 Å². The first-order valence-electron chi connectivity index (χ1n) is 4.95. The Hall–Kier alpha value is -0.563. The summed E-state index contributed by atoms with van der Waals surface area (Å²) in [5.74, 6) is 0. The molecule has 0 aliphatic heterocycles. The highest BCUT2D eigenvalue weighted by molar-refractivity contribution is 7.84. The van der Waals surface area contributed by atoms with Gasteiger partial charge in [-0.25, -0.2) is 8.37 Å². The summed E-state index contributed by atoms with van der Waals surface area (Å²) in [5, 5.41) is 0. The summed E-state index contributed by atoms with van der Waals surface area (Å²) >= 11 is 0. The Labute approximate surface area is 114 Å². The molecule has 0 spiro atoms. The second-order valence-corrected chi connectivity index (χ2v) is 9.77. The maximum atomic E-state index is 11.3. The zero-order valence-electron chi connectivity index (χ0n) is 10.6. The molecule has 0 saturated carbocycles. The molecule has 0 amide bonds. The highest BCUT2D eigenvalue weighted by Gasteiger charge is 2.38. The van der Waals surface area contributed by atoms with Gasteiger partial charge in [-0.2, -0.15) is 16.8 Å². The van der Waals surface area contributed by atoms with E-state index in [4.69, 9.17) is 0 Å². The Balaban J connectivity index is 4.71. The lowest BCUT2D eigenvalue weighted by Gasteiger charge is -2.20. The van der Waals surface area contributed by atoms with Crippen LogP contribution in [-0.2, 0) is 36.9 Å². The molecular formula is C8H16O8S2Si. The van der Waals surface area contributed by atoms with Crippen LogP contribution in [0.5, 0.6) is 0 Å². The van der Waals surface area contributed by atoms with Crippen molar-refractivity contribution in [3.63, 3.8) is 0 Å². The molecule has 0 aromatic carbocycles. The molecule has 8 nitrogen and oxygen atoms in total. The first-order valence-corrected chi connectivity index (χ1v) is 10.4. The third kappa shape index (κ3) is 9.04. The van der Waals surface area contributed by atoms with Gasteiger partial charge < -0.3 is 0 Å². The monoisotopic (exact) mass is 332 g/mol. The molecule has 0 atom stereocenters. The minimum Gasteiger partial charge on any atom is -0.262 e. The average Bonchev–Trinajstić information content (AvgIpc) is 2.20. The minimum absolute atomic E-state index is 0.299. The van der Waals surface area contributed by atoms with E-state index in [-0.39, 0.29) is 13.2 Å². The normalized spacial score (nSPS) is 13.2. The molecule has 0 aliphatic rings. The SMILES string of the molecule is C=CCOS(=O)(=O)O[Si](C)(C)OS(=O)(=O)OCC=C. The molecule has 0 aliphatic carbocycles. The van der Waals surface area contributed by atoms with Gasteiger partial charge >= 0.3 is 29.4 Å². The van der Waals surface area contributed by atoms with Crippen molar-refractivity contribution in [2.24, 2.45) is 0 Å². The van der Waals surface area contributed by atoms with Crippen molar-refractivity contribution in [3.8, 4) is 0 Å². The van der Waals surface area contributed by atoms with Gasteiger partial charge in [0, 0.05) is 0 Å². The summed E-state index contributed by atoms with van der Waals surface area (Å²) in [4.78, 5) is 0. The van der Waals surface area contributed by atoms with Gasteiger partial charge in [0.25, 0.3) is 0 Å². The molecule has 0 unspecified atom stereocenters. The van der Waals surface area contributed by atoms with Crippen molar-refractivity contribution in [1.82, 2.24) is 0 Å². The lowest BCUT2D eigenvalue weighted by molar-refractivity contribution is 0.259. The van der Waals surface area contributed by atoms with E-state index >= 15 is 0 Å². The number of rotatable bonds is 10. The average molecular weight is 332 g/mol. The third-order valence-corrected chi connectivity index (χ3v) is 6.96. The standard InChI is InChI=1S/C8H16O8S2Si/c1-5-7-13-17(9,10)15-19(3,4)16-18(11,12)14-8-6-2/h5-6H,1-2,7-8H2,3-4H3. The summed E-state index contributed by atoms with van der Waals surface area (Å²) < 4.78 is 63.1. The summed E-state index contributed by atoms with van der Waals surface area (Å²) in [6.45, 7) is 8.34. The smallest absolute Gasteiger partial charge is 0.262 e. The summed E-state index contributed by atoms with van der Waals surface area (Å²) in [5.41, 5.74) is 0. The van der Waals surface area contributed by atoms with Gasteiger partial charge in [-0.15, -0.1) is 13.2 Å². The van der Waals surface area contributed by atoms with E-state index in [1.54, 1.807) is 0 Å². The van der Waals surface area contributed by atoms with Crippen LogP contribution in [0.1, 0.15) is 0 Å². The van der Waals surface area contributed by atoms with E-state index in [2.05, 4.69) is 29.3 Å². The van der Waals surface area contributed by atoms with Gasteiger partial charge in [0.2, 0.25) is 0 Å². The van der Waals surface area contributed by atoms with E-state index in [0.717, 1.165) is 0 Å². The molecule has 0 radical (unpaired) electrons. The molecule has 0 aromatic heterocycles. The van der Waals surface area contributed by atoms with Crippen molar-refractivity contribution < 1.29 is 32.9 Å². The van der Waals surface area contributed by atoms with E-state index in [1.807, 2.05) is 0 Å². The maximum absolute atomic E-state index is 11.3. The van der Waals surface area contributed by atoms with Crippen molar-refractivity contribution in [2.75, 3.05) is 13.2 Å². The van der Waals surface area contributed by atoms with Crippen LogP contribution in [0.15, 0.2) is 25.3 Å². The Morgan fingerprint density at radius 3 is 1.47 bits per heavy atom. The molecule has 0 aromatic rings. The third-order valence-electron chi connectivity index (χ3n) is 1.27. The van der Waals surface area contributed by atoms with Crippen molar-refractivity contribution in [3.05, 3.63) is 25.3 Å². The Bertz CT molecular complexity index is 461. The predicted octanol–water partition coefficient (Wildman–Crippen LogP) is 0.616. The van der Waals surface area contributed by atoms with E-state index in [0.29, 0.717) is 0 Å². The summed E-state index contributed by atoms with van der Waals surface area (Å²) in [7, 11) is -12.3. The molecule has 0 N–H and O–H groups in total. The van der Waals surface area contributed by atoms with Gasteiger partial charge in [-0.05, 0) is 13.1 Å². The fourth-order valence-corrected chi connectivity index (χ4v) is 6.02. The predicted molar refractivity (Wildman–Crippen MR) is 69.8 cm³/mol. The fraction of sp³-hybridized carbons (Fsp3) is 0.500. The van der Waals surface area contributed by atoms with Crippen LogP contribution in [0.3, 0.4) is 0 Å². The summed E-state index contributed by atoms with van der Waals surface area (Å²) in [6, 6.07) is 0. The second kappa shape index (κ2) is 7.28. The first-order chi connectivity index (χ1) is 8.54. The van der Waals surface area contributed by atoms with E-state index in [1.165, 1.54) is 25.2 Å². The van der Waals surface area contributed by atoms with Crippen LogP contribution in [0.4, 0.5) is 0 Å². The zero-order valence-corrected chi connectivity index (χ0v) is 13.2. The lowest BCUT2D eigenvalue weighted by atomic mass is 10.7. The molecule has 0 fully saturated rings. The van der Waals surface area contributed by atoms with Gasteiger partial charge in [-0.1, -0.05) is 12.2 Å². The van der Waals surface area contributed by atoms with Crippen LogP contribution in [-0.4, -0.2) is 38.6 Å². The van der Waals surface area contributed by atoms with Crippen LogP contribution in [0.25, 0.3) is 0 Å². The Morgan fingerprint density at radius 1 is 0.895 bits per heavy atom. The topological polar surface area (TPSA) is 105 Å². The molecule has 0 heterocycles. The fourth-order valence-electron chi connectivity index (χ4n) is 0.816. The van der Waals surface area contributed by atoms with Crippen molar-refractivity contribution in [1.29, 1.82) is 0 Å². The number of hydrogen-bond acceptors (Lipinski definition) is 8. The van der Waals surface area contributed by atoms with Crippen molar-refractivity contribution >= 4 is 29.4 Å². The molecule has 0 bridgehead atoms. The summed E-state index contributed by atoms with van der Waals surface area (Å²) in [6.07, 6.45) is 2.39. The minimum atomic E-state index is -4.37. The van der Waals surface area contributed by atoms with Gasteiger partial charge in [0.05, 0.1) is 13.2 Å². The zero-order chi connectivity index (χ0) is 15.2. The van der Waals surface area contributed by atoms with Crippen LogP contribution >= 0.6 is 0 Å². The molecule has 0 saturated heterocycles. The Morgan fingerprint density at radius 2 is 1.21 bits per heavy atom. The first kappa shape index (κ1) is 18.4. The van der Waals surface area contributed by atoms with Gasteiger partial charge in [-0.3, -0.25) is 7.74 Å². The molecule has 112 valence electrons. The van der Waals surface area contributed by atoms with Crippen LogP contribution < -0.4 is 0 Å². The molecule has 0 rings (SSSR count). The highest BCUT2D eigenvalue weighted by atomic mass is 32.3. The molecule has 11 heteroatoms. The largest absolute Gasteiger partial charge is 0.392 e. The quantitative estimate of drug-likeness (QED) is 0.423. The highest BCUT2D eigenvalue weighted by Crippen LogP contribution is 2.16. The molecular weight excluding hydrogens is 316 g/mol. The van der Waals surface area contributed by atoms with Crippen LogP contribution in [0, 0.1) is 0 Å². The van der Waals surface area contributed by atoms with E-state index < -0.39 is 29.4 Å². The maximum Gasteiger partial charge on any atom is 0.392 e. The second-order valence-electron chi connectivity index (χ2n) is 3.53. The molecule has 19 heavy (non-hydrogen) atoms. The van der Waals surface area contributed by atoms with Crippen molar-refractivity contribution in [2.45, 2.75) is 13.1 Å². The Kier molecular flexibility index (Phi) is 7.07. The van der Waals surface area contributed by atoms with Crippen LogP contribution in [0.2, 0.25) is 13.1 Å². The van der Waals surface area contributed by atoms with Gasteiger partial charge in [0.1, 0.15) is 0 Å². The number of hydrogen-bond donors (Lipinski definition) is 0.